The minimum Gasteiger partial charge on any atom is -0.343 e. The molecule has 0 radical (unpaired) electrons. The Morgan fingerprint density at radius 3 is 2.85 bits per heavy atom. The van der Waals surface area contributed by atoms with Gasteiger partial charge < -0.3 is 5.32 Å². The summed E-state index contributed by atoms with van der Waals surface area (Å²) in [4.78, 5) is 11.6. The Bertz CT molecular complexity index is 240. The highest BCUT2D eigenvalue weighted by Crippen LogP contribution is 2.42. The monoisotopic (exact) mass is 180 g/mol. The van der Waals surface area contributed by atoms with Crippen LogP contribution in [0.4, 0.5) is 0 Å². The number of nitrogens with one attached hydrogen (secondary N) is 1. The first-order chi connectivity index (χ1) is 6.08. The summed E-state index contributed by atoms with van der Waals surface area (Å²) in [7, 11) is 0. The Morgan fingerprint density at radius 1 is 1.69 bits per heavy atom. The van der Waals surface area contributed by atoms with E-state index in [0.717, 1.165) is 19.3 Å². The van der Waals surface area contributed by atoms with E-state index in [1.54, 1.807) is 0 Å². The molecule has 1 unspecified atom stereocenters. The summed E-state index contributed by atoms with van der Waals surface area (Å²) in [5, 5.41) is 11.0. The molecule has 0 heterocycles. The molecular formula is C10H16N2O. The lowest BCUT2D eigenvalue weighted by atomic mass is 9.81. The van der Waals surface area contributed by atoms with E-state index >= 15 is 0 Å². The van der Waals surface area contributed by atoms with E-state index in [9.17, 15) is 4.79 Å². The summed E-state index contributed by atoms with van der Waals surface area (Å²) in [6.07, 6.45) is 3.19. The third-order valence-electron chi connectivity index (χ3n) is 2.92. The van der Waals surface area contributed by atoms with E-state index in [2.05, 4.69) is 19.2 Å². The molecule has 3 nitrogen and oxygen atoms in total. The van der Waals surface area contributed by atoms with E-state index in [-0.39, 0.29) is 23.8 Å². The van der Waals surface area contributed by atoms with Crippen molar-refractivity contribution >= 4 is 5.91 Å². The Balaban J connectivity index is 2.52. The lowest BCUT2D eigenvalue weighted by molar-refractivity contribution is -0.127. The van der Waals surface area contributed by atoms with Crippen molar-refractivity contribution in [3.8, 4) is 6.07 Å². The molecule has 1 amide bonds. The normalized spacial score (nSPS) is 25.2. The highest BCUT2D eigenvalue weighted by molar-refractivity contribution is 5.79. The number of hydrogen-bond acceptors (Lipinski definition) is 2. The van der Waals surface area contributed by atoms with Crippen LogP contribution in [0.2, 0.25) is 0 Å². The van der Waals surface area contributed by atoms with Crippen LogP contribution in [0.5, 0.6) is 0 Å². The van der Waals surface area contributed by atoms with Gasteiger partial charge in [0.15, 0.2) is 0 Å². The fourth-order valence-electron chi connectivity index (χ4n) is 2.06. The van der Waals surface area contributed by atoms with Crippen LogP contribution in [0, 0.1) is 22.7 Å². The number of rotatable bonds is 2. The number of carbonyl (C=O) groups excluding carboxylic acids is 1. The maximum Gasteiger partial charge on any atom is 0.224 e. The summed E-state index contributed by atoms with van der Waals surface area (Å²) < 4.78 is 0. The lowest BCUT2D eigenvalue weighted by Gasteiger charge is -2.25. The molecule has 0 aromatic rings. The van der Waals surface area contributed by atoms with Crippen molar-refractivity contribution in [2.24, 2.45) is 11.3 Å². The zero-order valence-electron chi connectivity index (χ0n) is 8.26. The molecule has 1 saturated carbocycles. The molecule has 1 fully saturated rings. The number of amides is 1. The molecule has 0 spiro atoms. The van der Waals surface area contributed by atoms with Crippen molar-refractivity contribution in [2.45, 2.75) is 33.1 Å². The zero-order valence-corrected chi connectivity index (χ0v) is 8.26. The van der Waals surface area contributed by atoms with E-state index < -0.39 is 0 Å². The first kappa shape index (κ1) is 10.0. The Labute approximate surface area is 79.1 Å². The fourth-order valence-corrected chi connectivity index (χ4v) is 2.06. The Kier molecular flexibility index (Phi) is 2.92. The first-order valence-corrected chi connectivity index (χ1v) is 4.72. The molecule has 1 rings (SSSR count). The standard InChI is InChI=1S/C10H16N2O/c1-10(2)5-3-4-8(10)9(13)12-7-6-11/h8H,3-5,7H2,1-2H3,(H,12,13). The number of carbonyl (C=O) groups is 1. The van der Waals surface area contributed by atoms with Crippen LogP contribution >= 0.6 is 0 Å². The van der Waals surface area contributed by atoms with Crippen molar-refractivity contribution in [3.63, 3.8) is 0 Å². The van der Waals surface area contributed by atoms with Crippen LogP contribution in [0.1, 0.15) is 33.1 Å². The Hall–Kier alpha value is -1.04. The second kappa shape index (κ2) is 3.78. The van der Waals surface area contributed by atoms with E-state index in [1.807, 2.05) is 6.07 Å². The van der Waals surface area contributed by atoms with Crippen molar-refractivity contribution in [3.05, 3.63) is 0 Å². The van der Waals surface area contributed by atoms with Crippen LogP contribution in [0.3, 0.4) is 0 Å². The van der Waals surface area contributed by atoms with Gasteiger partial charge in [-0.2, -0.15) is 5.26 Å². The van der Waals surface area contributed by atoms with Gasteiger partial charge in [0, 0.05) is 5.92 Å². The van der Waals surface area contributed by atoms with Gasteiger partial charge in [0.2, 0.25) is 5.91 Å². The molecule has 1 aliphatic rings. The summed E-state index contributed by atoms with van der Waals surface area (Å²) in [6.45, 7) is 4.37. The second-order valence-electron chi connectivity index (χ2n) is 4.31. The third kappa shape index (κ3) is 2.21. The van der Waals surface area contributed by atoms with Gasteiger partial charge in [-0.1, -0.05) is 20.3 Å². The molecule has 0 saturated heterocycles. The maximum atomic E-state index is 11.6. The molecule has 3 heteroatoms. The van der Waals surface area contributed by atoms with Crippen LogP contribution in [-0.4, -0.2) is 12.5 Å². The highest BCUT2D eigenvalue weighted by Gasteiger charge is 2.38. The summed E-state index contributed by atoms with van der Waals surface area (Å²) in [5.41, 5.74) is 0.111. The van der Waals surface area contributed by atoms with Crippen molar-refractivity contribution < 1.29 is 4.79 Å². The van der Waals surface area contributed by atoms with Gasteiger partial charge in [-0.15, -0.1) is 0 Å². The fraction of sp³-hybridized carbons (Fsp3) is 0.800. The molecule has 13 heavy (non-hydrogen) atoms. The van der Waals surface area contributed by atoms with Crippen LogP contribution < -0.4 is 5.32 Å². The average molecular weight is 180 g/mol. The van der Waals surface area contributed by atoms with Crippen molar-refractivity contribution in [1.82, 2.24) is 5.32 Å². The van der Waals surface area contributed by atoms with Gasteiger partial charge in [0.1, 0.15) is 6.54 Å². The quantitative estimate of drug-likeness (QED) is 0.654. The molecule has 1 atom stereocenters. The summed E-state index contributed by atoms with van der Waals surface area (Å²) >= 11 is 0. The third-order valence-corrected chi connectivity index (χ3v) is 2.92. The van der Waals surface area contributed by atoms with Crippen molar-refractivity contribution in [2.75, 3.05) is 6.54 Å². The zero-order chi connectivity index (χ0) is 9.90. The van der Waals surface area contributed by atoms with Crippen LogP contribution in [0.25, 0.3) is 0 Å². The molecular weight excluding hydrogens is 164 g/mol. The van der Waals surface area contributed by atoms with Gasteiger partial charge in [-0.25, -0.2) is 0 Å². The molecule has 72 valence electrons. The van der Waals surface area contributed by atoms with Gasteiger partial charge >= 0.3 is 0 Å². The molecule has 0 bridgehead atoms. The minimum absolute atomic E-state index is 0.0454. The topological polar surface area (TPSA) is 52.9 Å². The molecule has 0 aliphatic heterocycles. The molecule has 1 N–H and O–H groups in total. The molecule has 1 aliphatic carbocycles. The van der Waals surface area contributed by atoms with Crippen LogP contribution in [0.15, 0.2) is 0 Å². The molecule has 0 aromatic carbocycles. The van der Waals surface area contributed by atoms with Gasteiger partial charge in [-0.3, -0.25) is 4.79 Å². The predicted molar refractivity (Wildman–Crippen MR) is 49.7 cm³/mol. The Morgan fingerprint density at radius 2 is 2.38 bits per heavy atom. The summed E-state index contributed by atoms with van der Waals surface area (Å²) in [5.74, 6) is 0.143. The van der Waals surface area contributed by atoms with Gasteiger partial charge in [-0.05, 0) is 18.3 Å². The lowest BCUT2D eigenvalue weighted by Crippen LogP contribution is -2.36. The van der Waals surface area contributed by atoms with E-state index in [0.29, 0.717) is 0 Å². The van der Waals surface area contributed by atoms with E-state index in [1.165, 1.54) is 0 Å². The smallest absolute Gasteiger partial charge is 0.224 e. The largest absolute Gasteiger partial charge is 0.343 e. The summed E-state index contributed by atoms with van der Waals surface area (Å²) in [6, 6.07) is 1.92. The average Bonchev–Trinajstić information content (AvgIpc) is 2.41. The highest BCUT2D eigenvalue weighted by atomic mass is 16.1. The maximum absolute atomic E-state index is 11.6. The van der Waals surface area contributed by atoms with Gasteiger partial charge in [0.05, 0.1) is 6.07 Å². The molecule has 0 aromatic heterocycles. The number of hydrogen-bond donors (Lipinski definition) is 1. The SMILES string of the molecule is CC1(C)CCCC1C(=O)NCC#N. The predicted octanol–water partition coefficient (Wildman–Crippen LogP) is 1.45. The number of nitrogens with zero attached hydrogens (tertiary/aromatic N) is 1. The first-order valence-electron chi connectivity index (χ1n) is 4.72. The van der Waals surface area contributed by atoms with E-state index in [4.69, 9.17) is 5.26 Å². The van der Waals surface area contributed by atoms with Gasteiger partial charge in [0.25, 0.3) is 0 Å². The second-order valence-corrected chi connectivity index (χ2v) is 4.31. The number of nitriles is 1. The minimum atomic E-state index is 0.0454. The van der Waals surface area contributed by atoms with Crippen molar-refractivity contribution in [1.29, 1.82) is 5.26 Å². The van der Waals surface area contributed by atoms with Crippen LogP contribution in [-0.2, 0) is 4.79 Å².